The third kappa shape index (κ3) is 4.09. The molecule has 0 radical (unpaired) electrons. The average Bonchev–Trinajstić information content (AvgIpc) is 2.25. The second kappa shape index (κ2) is 7.33. The largest absolute Gasteiger partial charge is 0.481 e. The van der Waals surface area contributed by atoms with Gasteiger partial charge in [0.15, 0.2) is 0 Å². The number of hydrogen-bond donors (Lipinski definition) is 2. The van der Waals surface area contributed by atoms with Gasteiger partial charge in [-0.2, -0.15) is 0 Å². The number of rotatable bonds is 7. The van der Waals surface area contributed by atoms with Crippen LogP contribution in [0.15, 0.2) is 0 Å². The standard InChI is InChI=1S/C13H24N2O4/c1-3-14(10(2)9-12(17)18)13(19)15(7-8-16)11-5-4-6-11/h10-11,16H,3-9H2,1-2H3,(H,17,18). The molecule has 1 saturated carbocycles. The predicted octanol–water partition coefficient (Wildman–Crippen LogP) is 1.14. The quantitative estimate of drug-likeness (QED) is 0.728. The lowest BCUT2D eigenvalue weighted by Gasteiger charge is -2.41. The molecule has 2 N–H and O–H groups in total. The number of nitrogens with zero attached hydrogens (tertiary/aromatic N) is 2. The maximum Gasteiger partial charge on any atom is 0.320 e. The molecular formula is C13H24N2O4. The third-order valence-electron chi connectivity index (χ3n) is 3.69. The molecule has 1 fully saturated rings. The second-order valence-electron chi connectivity index (χ2n) is 5.02. The monoisotopic (exact) mass is 272 g/mol. The zero-order valence-corrected chi connectivity index (χ0v) is 11.7. The first-order valence-corrected chi connectivity index (χ1v) is 6.91. The van der Waals surface area contributed by atoms with Crippen molar-refractivity contribution in [2.75, 3.05) is 19.7 Å². The molecule has 110 valence electrons. The topological polar surface area (TPSA) is 81.1 Å². The van der Waals surface area contributed by atoms with E-state index in [2.05, 4.69) is 0 Å². The Morgan fingerprint density at radius 3 is 2.37 bits per heavy atom. The molecule has 0 bridgehead atoms. The van der Waals surface area contributed by atoms with Gasteiger partial charge in [-0.15, -0.1) is 0 Å². The molecule has 2 amide bonds. The summed E-state index contributed by atoms with van der Waals surface area (Å²) in [6.07, 6.45) is 2.99. The van der Waals surface area contributed by atoms with E-state index in [0.717, 1.165) is 19.3 Å². The van der Waals surface area contributed by atoms with Gasteiger partial charge in [0, 0.05) is 25.2 Å². The third-order valence-corrected chi connectivity index (χ3v) is 3.69. The summed E-state index contributed by atoms with van der Waals surface area (Å²) in [5, 5.41) is 17.9. The number of carboxylic acid groups (broad SMARTS) is 1. The van der Waals surface area contributed by atoms with E-state index in [9.17, 15) is 9.59 Å². The predicted molar refractivity (Wildman–Crippen MR) is 70.9 cm³/mol. The number of aliphatic hydroxyl groups excluding tert-OH is 1. The molecule has 1 atom stereocenters. The zero-order chi connectivity index (χ0) is 14.4. The van der Waals surface area contributed by atoms with E-state index in [0.29, 0.717) is 13.1 Å². The van der Waals surface area contributed by atoms with Gasteiger partial charge < -0.3 is 20.0 Å². The van der Waals surface area contributed by atoms with Crippen molar-refractivity contribution in [2.24, 2.45) is 0 Å². The van der Waals surface area contributed by atoms with Crippen LogP contribution in [0.4, 0.5) is 4.79 Å². The van der Waals surface area contributed by atoms with Gasteiger partial charge in [0.2, 0.25) is 0 Å². The molecule has 0 aromatic rings. The highest BCUT2D eigenvalue weighted by atomic mass is 16.4. The summed E-state index contributed by atoms with van der Waals surface area (Å²) in [6, 6.07) is -0.294. The van der Waals surface area contributed by atoms with Crippen molar-refractivity contribution in [3.05, 3.63) is 0 Å². The van der Waals surface area contributed by atoms with E-state index in [-0.39, 0.29) is 31.1 Å². The maximum absolute atomic E-state index is 12.5. The number of aliphatic hydroxyl groups is 1. The fraction of sp³-hybridized carbons (Fsp3) is 0.846. The lowest BCUT2D eigenvalue weighted by atomic mass is 9.91. The summed E-state index contributed by atoms with van der Waals surface area (Å²) in [5.74, 6) is -0.906. The molecule has 0 aromatic heterocycles. The van der Waals surface area contributed by atoms with Gasteiger partial charge in [0.1, 0.15) is 0 Å². The first-order chi connectivity index (χ1) is 9.01. The summed E-state index contributed by atoms with van der Waals surface area (Å²) in [6.45, 7) is 4.32. The smallest absolute Gasteiger partial charge is 0.320 e. The van der Waals surface area contributed by atoms with E-state index in [4.69, 9.17) is 10.2 Å². The molecule has 0 aromatic carbocycles. The van der Waals surface area contributed by atoms with Gasteiger partial charge in [0.05, 0.1) is 13.0 Å². The molecule has 0 spiro atoms. The summed E-state index contributed by atoms with van der Waals surface area (Å²) in [4.78, 5) is 26.5. The number of carbonyl (C=O) groups excluding carboxylic acids is 1. The number of amides is 2. The van der Waals surface area contributed by atoms with Crippen molar-refractivity contribution in [3.63, 3.8) is 0 Å². The van der Waals surface area contributed by atoms with E-state index < -0.39 is 5.97 Å². The minimum Gasteiger partial charge on any atom is -0.481 e. The summed E-state index contributed by atoms with van der Waals surface area (Å²) in [5.41, 5.74) is 0. The average molecular weight is 272 g/mol. The van der Waals surface area contributed by atoms with Crippen molar-refractivity contribution in [1.82, 2.24) is 9.80 Å². The Bertz CT molecular complexity index is 318. The van der Waals surface area contributed by atoms with Crippen LogP contribution in [0, 0.1) is 0 Å². The number of urea groups is 1. The van der Waals surface area contributed by atoms with Crippen LogP contribution in [-0.2, 0) is 4.79 Å². The van der Waals surface area contributed by atoms with Crippen LogP contribution in [0.2, 0.25) is 0 Å². The fourth-order valence-electron chi connectivity index (χ4n) is 2.40. The molecular weight excluding hydrogens is 248 g/mol. The van der Waals surface area contributed by atoms with Gasteiger partial charge in [-0.3, -0.25) is 4.79 Å². The Morgan fingerprint density at radius 1 is 1.37 bits per heavy atom. The highest BCUT2D eigenvalue weighted by molar-refractivity contribution is 5.76. The van der Waals surface area contributed by atoms with E-state index >= 15 is 0 Å². The number of hydrogen-bond acceptors (Lipinski definition) is 3. The van der Waals surface area contributed by atoms with E-state index in [1.165, 1.54) is 0 Å². The van der Waals surface area contributed by atoms with Crippen molar-refractivity contribution in [1.29, 1.82) is 0 Å². The molecule has 0 aliphatic heterocycles. The summed E-state index contributed by atoms with van der Waals surface area (Å²) < 4.78 is 0. The number of carbonyl (C=O) groups is 2. The lowest BCUT2D eigenvalue weighted by molar-refractivity contribution is -0.138. The molecule has 1 aliphatic rings. The van der Waals surface area contributed by atoms with E-state index in [1.807, 2.05) is 6.92 Å². The first-order valence-electron chi connectivity index (χ1n) is 6.91. The van der Waals surface area contributed by atoms with Crippen molar-refractivity contribution < 1.29 is 19.8 Å². The van der Waals surface area contributed by atoms with Crippen LogP contribution in [-0.4, -0.2) is 63.8 Å². The highest BCUT2D eigenvalue weighted by Crippen LogP contribution is 2.26. The van der Waals surface area contributed by atoms with Crippen molar-refractivity contribution >= 4 is 12.0 Å². The van der Waals surface area contributed by atoms with Crippen LogP contribution in [0.5, 0.6) is 0 Å². The molecule has 0 heterocycles. The van der Waals surface area contributed by atoms with Crippen LogP contribution in [0.3, 0.4) is 0 Å². The van der Waals surface area contributed by atoms with Crippen molar-refractivity contribution in [3.8, 4) is 0 Å². The van der Waals surface area contributed by atoms with Crippen molar-refractivity contribution in [2.45, 2.75) is 51.6 Å². The maximum atomic E-state index is 12.5. The van der Waals surface area contributed by atoms with Gasteiger partial charge in [-0.05, 0) is 33.1 Å². The lowest BCUT2D eigenvalue weighted by Crippen LogP contribution is -2.54. The van der Waals surface area contributed by atoms with Gasteiger partial charge in [-0.1, -0.05) is 0 Å². The molecule has 1 unspecified atom stereocenters. The summed E-state index contributed by atoms with van der Waals surface area (Å²) >= 11 is 0. The normalized spacial score (nSPS) is 16.6. The zero-order valence-electron chi connectivity index (χ0n) is 11.7. The molecule has 19 heavy (non-hydrogen) atoms. The Kier molecular flexibility index (Phi) is 6.08. The molecule has 1 rings (SSSR count). The van der Waals surface area contributed by atoms with Gasteiger partial charge in [-0.25, -0.2) is 4.79 Å². The fourth-order valence-corrected chi connectivity index (χ4v) is 2.40. The Labute approximate surface area is 114 Å². The van der Waals surface area contributed by atoms with Gasteiger partial charge >= 0.3 is 12.0 Å². The Hall–Kier alpha value is -1.30. The highest BCUT2D eigenvalue weighted by Gasteiger charge is 2.32. The molecule has 6 nitrogen and oxygen atoms in total. The van der Waals surface area contributed by atoms with Crippen LogP contribution < -0.4 is 0 Å². The van der Waals surface area contributed by atoms with Crippen LogP contribution in [0.25, 0.3) is 0 Å². The van der Waals surface area contributed by atoms with E-state index in [1.54, 1.807) is 16.7 Å². The van der Waals surface area contributed by atoms with Crippen LogP contribution >= 0.6 is 0 Å². The minimum atomic E-state index is -0.906. The SMILES string of the molecule is CCN(C(=O)N(CCO)C1CCC1)C(C)CC(=O)O. The Balaban J connectivity index is 2.70. The first kappa shape index (κ1) is 15.8. The second-order valence-corrected chi connectivity index (χ2v) is 5.02. The molecule has 6 heteroatoms. The van der Waals surface area contributed by atoms with Gasteiger partial charge in [0.25, 0.3) is 0 Å². The molecule has 1 aliphatic carbocycles. The Morgan fingerprint density at radius 2 is 2.00 bits per heavy atom. The molecule has 0 saturated heterocycles. The number of aliphatic carboxylic acids is 1. The summed E-state index contributed by atoms with van der Waals surface area (Å²) in [7, 11) is 0. The minimum absolute atomic E-state index is 0.0583. The number of carboxylic acids is 1. The van der Waals surface area contributed by atoms with Crippen LogP contribution in [0.1, 0.15) is 39.5 Å².